The van der Waals surface area contributed by atoms with E-state index in [9.17, 15) is 4.79 Å². The molecule has 1 aromatic rings. The highest BCUT2D eigenvalue weighted by atomic mass is 35.5. The monoisotopic (exact) mass is 556 g/mol. The van der Waals surface area contributed by atoms with Crippen molar-refractivity contribution >= 4 is 23.2 Å². The fourth-order valence-corrected chi connectivity index (χ4v) is 6.55. The summed E-state index contributed by atoms with van der Waals surface area (Å²) < 4.78 is 0. The molecule has 218 valence electrons. The van der Waals surface area contributed by atoms with E-state index in [1.54, 1.807) is 0 Å². The molecular weight excluding hydrogens is 504 g/mol. The van der Waals surface area contributed by atoms with E-state index in [-0.39, 0.29) is 11.9 Å². The molecule has 0 spiro atoms. The Labute approximate surface area is 243 Å². The molecule has 2 aliphatic rings. The van der Waals surface area contributed by atoms with Crippen molar-refractivity contribution in [2.24, 2.45) is 11.7 Å². The number of hydrogen-bond acceptors (Lipinski definition) is 4. The predicted octanol–water partition coefficient (Wildman–Crippen LogP) is 7.17. The van der Waals surface area contributed by atoms with Gasteiger partial charge in [-0.3, -0.25) is 9.69 Å². The number of carbonyl (C=O) groups excluding carboxylic acids is 1. The third kappa shape index (κ3) is 9.65. The van der Waals surface area contributed by atoms with Gasteiger partial charge in [-0.2, -0.15) is 0 Å². The van der Waals surface area contributed by atoms with Crippen LogP contribution in [-0.4, -0.2) is 67.6 Å². The summed E-state index contributed by atoms with van der Waals surface area (Å²) in [5.41, 5.74) is 8.87. The minimum absolute atomic E-state index is 0.251. The maximum Gasteiger partial charge on any atom is 0.248 e. The first-order valence-corrected chi connectivity index (χ1v) is 15.9. The molecule has 3 rings (SSSR count). The Balaban J connectivity index is 1.90. The molecule has 1 amide bonds. The molecule has 5 nitrogen and oxygen atoms in total. The molecule has 2 heterocycles. The maximum absolute atomic E-state index is 12.2. The summed E-state index contributed by atoms with van der Waals surface area (Å²) in [6, 6.07) is 6.40. The minimum Gasteiger partial charge on any atom is -0.370 e. The van der Waals surface area contributed by atoms with Crippen molar-refractivity contribution in [3.05, 3.63) is 52.6 Å². The number of nitrogens with zero attached hydrogens (tertiary/aromatic N) is 3. The lowest BCUT2D eigenvalue weighted by atomic mass is 9.81. The number of hydrogen-bond donors (Lipinski definition) is 1. The van der Waals surface area contributed by atoms with Crippen LogP contribution in [0.4, 0.5) is 5.69 Å². The van der Waals surface area contributed by atoms with Gasteiger partial charge in [-0.1, -0.05) is 70.2 Å². The summed E-state index contributed by atoms with van der Waals surface area (Å²) in [6.45, 7) is 16.5. The van der Waals surface area contributed by atoms with Crippen LogP contribution in [0.5, 0.6) is 0 Å². The summed E-state index contributed by atoms with van der Waals surface area (Å²) in [5, 5.41) is 0.811. The van der Waals surface area contributed by atoms with Crippen LogP contribution in [0.25, 0.3) is 0 Å². The molecule has 0 aromatic heterocycles. The normalized spacial score (nSPS) is 23.9. The van der Waals surface area contributed by atoms with E-state index in [2.05, 4.69) is 66.7 Å². The third-order valence-electron chi connectivity index (χ3n) is 8.93. The van der Waals surface area contributed by atoms with Gasteiger partial charge in [-0.05, 0) is 87.4 Å². The van der Waals surface area contributed by atoms with Crippen molar-refractivity contribution in [2.75, 3.05) is 50.7 Å². The Kier molecular flexibility index (Phi) is 13.4. The second kappa shape index (κ2) is 16.4. The van der Waals surface area contributed by atoms with E-state index < -0.39 is 0 Å². The number of allylic oxidation sites excluding steroid dienone is 2. The standard InChI is InChI=1S/C33H53ClN4O/c1-5-7-13-28(6-2)27(4)31-16-15-29(33(35)39)25-32(31)38-19-12-9-14-30(34)24-26(3)37(22-23-38)21-20-36-17-10-8-11-18-36/h9,14-16,24-28H,5-8,10-13,17-23H2,1-4H3,(H2,35,39)/b14-9-,30-24+. The number of amides is 1. The van der Waals surface area contributed by atoms with Crippen LogP contribution in [0.15, 0.2) is 41.5 Å². The number of piperidine rings is 1. The zero-order valence-corrected chi connectivity index (χ0v) is 25.8. The zero-order valence-electron chi connectivity index (χ0n) is 25.0. The van der Waals surface area contributed by atoms with Crippen LogP contribution in [0, 0.1) is 5.92 Å². The van der Waals surface area contributed by atoms with Gasteiger partial charge in [0.2, 0.25) is 5.91 Å². The van der Waals surface area contributed by atoms with E-state index in [1.165, 1.54) is 62.9 Å². The van der Waals surface area contributed by atoms with Crippen LogP contribution < -0.4 is 10.6 Å². The summed E-state index contributed by atoms with van der Waals surface area (Å²) in [7, 11) is 0. The Morgan fingerprint density at radius 2 is 1.85 bits per heavy atom. The van der Waals surface area contributed by atoms with E-state index in [0.29, 0.717) is 17.4 Å². The van der Waals surface area contributed by atoms with Gasteiger partial charge in [0.25, 0.3) is 0 Å². The zero-order chi connectivity index (χ0) is 28.2. The van der Waals surface area contributed by atoms with E-state index in [0.717, 1.165) is 50.6 Å². The van der Waals surface area contributed by atoms with E-state index >= 15 is 0 Å². The molecule has 3 unspecified atom stereocenters. The number of unbranched alkanes of at least 4 members (excludes halogenated alkanes) is 1. The number of anilines is 1. The van der Waals surface area contributed by atoms with E-state index in [4.69, 9.17) is 17.3 Å². The molecule has 1 fully saturated rings. The second-order valence-corrected chi connectivity index (χ2v) is 12.1. The fourth-order valence-electron chi connectivity index (χ4n) is 6.28. The number of likely N-dealkylation sites (tertiary alicyclic amines) is 1. The van der Waals surface area contributed by atoms with Crippen LogP contribution >= 0.6 is 11.6 Å². The van der Waals surface area contributed by atoms with Crippen LogP contribution in [0.1, 0.15) is 101 Å². The van der Waals surface area contributed by atoms with Gasteiger partial charge in [-0.25, -0.2) is 0 Å². The molecule has 1 saturated heterocycles. The van der Waals surface area contributed by atoms with Crippen LogP contribution in [0.3, 0.4) is 0 Å². The quantitative estimate of drug-likeness (QED) is 0.314. The molecule has 0 saturated carbocycles. The second-order valence-electron chi connectivity index (χ2n) is 11.6. The van der Waals surface area contributed by atoms with Gasteiger partial charge in [-0.15, -0.1) is 0 Å². The lowest BCUT2D eigenvalue weighted by Crippen LogP contribution is -2.44. The fraction of sp³-hybridized carbons (Fsp3) is 0.667. The van der Waals surface area contributed by atoms with Crippen LogP contribution in [-0.2, 0) is 0 Å². The lowest BCUT2D eigenvalue weighted by Gasteiger charge is -2.36. The van der Waals surface area contributed by atoms with Crippen molar-refractivity contribution in [1.29, 1.82) is 0 Å². The summed E-state index contributed by atoms with van der Waals surface area (Å²) in [6.07, 6.45) is 16.2. The SMILES string of the molecule is CCCCC(CC)C(C)c1ccc(C(N)=O)cc1N1CC/C=C\C(Cl)=C/C(C)N(CCN2CCCCC2)CC1. The van der Waals surface area contributed by atoms with E-state index in [1.807, 2.05) is 12.1 Å². The average Bonchev–Trinajstić information content (AvgIpc) is 2.97. The third-order valence-corrected chi connectivity index (χ3v) is 9.19. The molecule has 3 atom stereocenters. The molecule has 39 heavy (non-hydrogen) atoms. The first-order valence-electron chi connectivity index (χ1n) is 15.5. The highest BCUT2D eigenvalue weighted by molar-refractivity contribution is 6.31. The Hall–Kier alpha value is -1.82. The summed E-state index contributed by atoms with van der Waals surface area (Å²) >= 11 is 6.62. The Bertz CT molecular complexity index is 955. The molecule has 1 aromatic carbocycles. The predicted molar refractivity (Wildman–Crippen MR) is 168 cm³/mol. The lowest BCUT2D eigenvalue weighted by molar-refractivity contribution is 0.1000. The highest BCUT2D eigenvalue weighted by Crippen LogP contribution is 2.37. The first-order chi connectivity index (χ1) is 18.8. The van der Waals surface area contributed by atoms with Crippen molar-refractivity contribution in [3.63, 3.8) is 0 Å². The highest BCUT2D eigenvalue weighted by Gasteiger charge is 2.24. The van der Waals surface area contributed by atoms with Crippen molar-refractivity contribution in [2.45, 2.75) is 91.0 Å². The van der Waals surface area contributed by atoms with Gasteiger partial charge in [0, 0.05) is 55.0 Å². The number of benzene rings is 1. The number of carbonyl (C=O) groups is 1. The molecule has 0 bridgehead atoms. The average molecular weight is 557 g/mol. The van der Waals surface area contributed by atoms with Gasteiger partial charge in [0.05, 0.1) is 0 Å². The van der Waals surface area contributed by atoms with Gasteiger partial charge in [0.15, 0.2) is 0 Å². The molecule has 2 aliphatic heterocycles. The topological polar surface area (TPSA) is 52.8 Å². The van der Waals surface area contributed by atoms with Crippen LogP contribution in [0.2, 0.25) is 0 Å². The van der Waals surface area contributed by atoms with Gasteiger partial charge in [0.1, 0.15) is 0 Å². The Morgan fingerprint density at radius 1 is 1.08 bits per heavy atom. The van der Waals surface area contributed by atoms with Gasteiger partial charge >= 0.3 is 0 Å². The van der Waals surface area contributed by atoms with Gasteiger partial charge < -0.3 is 15.5 Å². The number of primary amides is 1. The largest absolute Gasteiger partial charge is 0.370 e. The number of nitrogens with two attached hydrogens (primary N) is 1. The molecular formula is C33H53ClN4O. The maximum atomic E-state index is 12.2. The number of rotatable bonds is 11. The molecule has 0 radical (unpaired) electrons. The first kappa shape index (κ1) is 31.7. The Morgan fingerprint density at radius 3 is 2.54 bits per heavy atom. The molecule has 2 N–H and O–H groups in total. The molecule has 0 aliphatic carbocycles. The summed E-state index contributed by atoms with van der Waals surface area (Å²) in [5.74, 6) is 0.674. The van der Waals surface area contributed by atoms with Crippen molar-refractivity contribution < 1.29 is 4.79 Å². The molecule has 6 heteroatoms. The minimum atomic E-state index is -0.362. The smallest absolute Gasteiger partial charge is 0.248 e. The van der Waals surface area contributed by atoms with Crippen molar-refractivity contribution in [1.82, 2.24) is 9.80 Å². The summed E-state index contributed by atoms with van der Waals surface area (Å²) in [4.78, 5) is 19.9. The number of halogens is 1. The van der Waals surface area contributed by atoms with Crippen molar-refractivity contribution in [3.8, 4) is 0 Å².